The maximum atomic E-state index is 12.5. The number of rotatable bonds is 1. The zero-order valence-corrected chi connectivity index (χ0v) is 15.6. The summed E-state index contributed by atoms with van der Waals surface area (Å²) in [4.78, 5) is 23.8. The van der Waals surface area contributed by atoms with E-state index in [-0.39, 0.29) is 28.8 Å². The summed E-state index contributed by atoms with van der Waals surface area (Å²) in [5.41, 5.74) is 1.12. The molecule has 7 atom stereocenters. The van der Waals surface area contributed by atoms with Crippen LogP contribution < -0.4 is 0 Å². The molecule has 1 N–H and O–H groups in total. The number of ketones is 1. The van der Waals surface area contributed by atoms with Crippen molar-refractivity contribution in [3.05, 3.63) is 11.6 Å². The third-order valence-electron chi connectivity index (χ3n) is 8.13. The molecule has 0 aromatic rings. The van der Waals surface area contributed by atoms with Gasteiger partial charge in [0.25, 0.3) is 0 Å². The molecule has 0 aromatic heterocycles. The molecule has 0 spiro atoms. The SMILES string of the molecule is CC(=O)O[C@H]1CC[C@@]2(C)C(=C[C@H](O)[C@H]3[C@H]2CC[C@]2(C)C(=O)CC[C@H]32)C1. The van der Waals surface area contributed by atoms with E-state index in [1.54, 1.807) is 0 Å². The zero-order chi connectivity index (χ0) is 18.0. The van der Waals surface area contributed by atoms with Crippen molar-refractivity contribution in [1.82, 2.24) is 0 Å². The molecule has 4 aliphatic carbocycles. The number of hydrogen-bond donors (Lipinski definition) is 1. The Morgan fingerprint density at radius 2 is 1.84 bits per heavy atom. The van der Waals surface area contributed by atoms with Crippen LogP contribution in [0.1, 0.15) is 65.7 Å². The summed E-state index contributed by atoms with van der Waals surface area (Å²) < 4.78 is 5.45. The molecule has 4 aliphatic rings. The molecule has 25 heavy (non-hydrogen) atoms. The Kier molecular flexibility index (Phi) is 3.91. The number of Topliss-reactive ketones (excluding diaryl/α,β-unsaturated/α-hetero) is 1. The van der Waals surface area contributed by atoms with Gasteiger partial charge < -0.3 is 9.84 Å². The molecule has 4 rings (SSSR count). The van der Waals surface area contributed by atoms with Gasteiger partial charge in [0.1, 0.15) is 11.9 Å². The van der Waals surface area contributed by atoms with E-state index in [0.717, 1.165) is 38.5 Å². The van der Waals surface area contributed by atoms with Gasteiger partial charge in [-0.15, -0.1) is 0 Å². The summed E-state index contributed by atoms with van der Waals surface area (Å²) in [6.07, 6.45) is 7.76. The van der Waals surface area contributed by atoms with Gasteiger partial charge in [0.2, 0.25) is 0 Å². The molecular weight excluding hydrogens is 316 g/mol. The number of aliphatic hydroxyl groups excluding tert-OH is 1. The molecule has 3 saturated carbocycles. The number of fused-ring (bicyclic) bond motifs is 5. The number of ether oxygens (including phenoxy) is 1. The van der Waals surface area contributed by atoms with Crippen LogP contribution >= 0.6 is 0 Å². The van der Waals surface area contributed by atoms with Crippen LogP contribution in [-0.2, 0) is 14.3 Å². The minimum absolute atomic E-state index is 0.0533. The Balaban J connectivity index is 1.65. The molecule has 0 heterocycles. The second-order valence-electron chi connectivity index (χ2n) is 9.28. The molecule has 3 fully saturated rings. The summed E-state index contributed by atoms with van der Waals surface area (Å²) >= 11 is 0. The van der Waals surface area contributed by atoms with Gasteiger partial charge in [0.15, 0.2) is 0 Å². The molecule has 0 saturated heterocycles. The van der Waals surface area contributed by atoms with Crippen LogP contribution in [0, 0.1) is 28.6 Å². The summed E-state index contributed by atoms with van der Waals surface area (Å²) in [5.74, 6) is 1.13. The first-order valence-electron chi connectivity index (χ1n) is 9.85. The summed E-state index contributed by atoms with van der Waals surface area (Å²) in [5, 5.41) is 11.0. The first-order chi connectivity index (χ1) is 11.8. The molecule has 4 nitrogen and oxygen atoms in total. The van der Waals surface area contributed by atoms with Crippen molar-refractivity contribution >= 4 is 11.8 Å². The fraction of sp³-hybridized carbons (Fsp3) is 0.810. The van der Waals surface area contributed by atoms with Gasteiger partial charge in [0, 0.05) is 25.2 Å². The lowest BCUT2D eigenvalue weighted by atomic mass is 9.47. The Morgan fingerprint density at radius 1 is 1.16 bits per heavy atom. The molecule has 0 bridgehead atoms. The van der Waals surface area contributed by atoms with Crippen LogP contribution in [0.4, 0.5) is 0 Å². The highest BCUT2D eigenvalue weighted by Gasteiger charge is 2.60. The Bertz CT molecular complexity index is 638. The summed E-state index contributed by atoms with van der Waals surface area (Å²) in [7, 11) is 0. The Hall–Kier alpha value is -1.16. The fourth-order valence-corrected chi connectivity index (χ4v) is 6.72. The van der Waals surface area contributed by atoms with E-state index >= 15 is 0 Å². The van der Waals surface area contributed by atoms with Crippen molar-refractivity contribution in [2.24, 2.45) is 28.6 Å². The first kappa shape index (κ1) is 17.3. The van der Waals surface area contributed by atoms with E-state index in [9.17, 15) is 14.7 Å². The van der Waals surface area contributed by atoms with Crippen molar-refractivity contribution in [1.29, 1.82) is 0 Å². The van der Waals surface area contributed by atoms with Gasteiger partial charge in [-0.1, -0.05) is 25.5 Å². The van der Waals surface area contributed by atoms with Gasteiger partial charge >= 0.3 is 5.97 Å². The van der Waals surface area contributed by atoms with E-state index in [4.69, 9.17) is 4.74 Å². The summed E-state index contributed by atoms with van der Waals surface area (Å²) in [6, 6.07) is 0. The Morgan fingerprint density at radius 3 is 2.56 bits per heavy atom. The van der Waals surface area contributed by atoms with E-state index in [1.807, 2.05) is 6.08 Å². The second-order valence-corrected chi connectivity index (χ2v) is 9.28. The molecular formula is C21H30O4. The highest BCUT2D eigenvalue weighted by molar-refractivity contribution is 5.87. The van der Waals surface area contributed by atoms with Gasteiger partial charge in [-0.3, -0.25) is 9.59 Å². The number of hydrogen-bond acceptors (Lipinski definition) is 4. The number of aliphatic hydroxyl groups is 1. The summed E-state index contributed by atoms with van der Waals surface area (Å²) in [6.45, 7) is 5.94. The second kappa shape index (κ2) is 5.67. The van der Waals surface area contributed by atoms with Crippen LogP contribution in [0.2, 0.25) is 0 Å². The van der Waals surface area contributed by atoms with Crippen LogP contribution in [0.15, 0.2) is 11.6 Å². The quantitative estimate of drug-likeness (QED) is 0.584. The van der Waals surface area contributed by atoms with Gasteiger partial charge in [-0.25, -0.2) is 0 Å². The number of carbonyl (C=O) groups is 2. The van der Waals surface area contributed by atoms with Crippen molar-refractivity contribution in [2.75, 3.05) is 0 Å². The average Bonchev–Trinajstić information content (AvgIpc) is 2.84. The van der Waals surface area contributed by atoms with E-state index in [1.165, 1.54) is 12.5 Å². The average molecular weight is 346 g/mol. The maximum Gasteiger partial charge on any atom is 0.302 e. The van der Waals surface area contributed by atoms with E-state index in [0.29, 0.717) is 24.0 Å². The normalized spacial score (nSPS) is 48.9. The molecule has 0 aromatic carbocycles. The zero-order valence-electron chi connectivity index (χ0n) is 15.6. The topological polar surface area (TPSA) is 63.6 Å². The smallest absolute Gasteiger partial charge is 0.302 e. The molecule has 4 heteroatoms. The van der Waals surface area contributed by atoms with E-state index in [2.05, 4.69) is 13.8 Å². The molecule has 0 radical (unpaired) electrons. The predicted molar refractivity (Wildman–Crippen MR) is 93.7 cm³/mol. The molecule has 0 amide bonds. The van der Waals surface area contributed by atoms with Crippen LogP contribution in [0.5, 0.6) is 0 Å². The Labute approximate surface area is 150 Å². The minimum Gasteiger partial charge on any atom is -0.462 e. The maximum absolute atomic E-state index is 12.5. The highest BCUT2D eigenvalue weighted by atomic mass is 16.5. The minimum atomic E-state index is -0.473. The van der Waals surface area contributed by atoms with E-state index < -0.39 is 6.10 Å². The molecule has 0 aliphatic heterocycles. The van der Waals surface area contributed by atoms with Gasteiger partial charge in [-0.05, 0) is 55.3 Å². The van der Waals surface area contributed by atoms with Gasteiger partial charge in [-0.2, -0.15) is 0 Å². The van der Waals surface area contributed by atoms with Gasteiger partial charge in [0.05, 0.1) is 6.10 Å². The lowest BCUT2D eigenvalue weighted by Crippen LogP contribution is -2.54. The monoisotopic (exact) mass is 346 g/mol. The third kappa shape index (κ3) is 2.43. The first-order valence-corrected chi connectivity index (χ1v) is 9.85. The van der Waals surface area contributed by atoms with Crippen LogP contribution in [0.3, 0.4) is 0 Å². The number of carbonyl (C=O) groups excluding carboxylic acids is 2. The lowest BCUT2D eigenvalue weighted by Gasteiger charge is -2.58. The van der Waals surface area contributed by atoms with Crippen molar-refractivity contribution in [3.8, 4) is 0 Å². The third-order valence-corrected chi connectivity index (χ3v) is 8.13. The standard InChI is InChI=1S/C21H30O4/c1-12(22)25-14-6-8-20(2)13(10-14)11-17(23)19-15-4-5-18(24)21(15,3)9-7-16(19)20/h11,14-17,19,23H,4-10H2,1-3H3/t14-,15+,16+,17-,19+,20-,21-/m0/s1. The molecule has 138 valence electrons. The van der Waals surface area contributed by atoms with Crippen molar-refractivity contribution in [2.45, 2.75) is 77.9 Å². The predicted octanol–water partition coefficient (Wildman–Crippen LogP) is 3.42. The fourth-order valence-electron chi connectivity index (χ4n) is 6.72. The molecule has 0 unspecified atom stereocenters. The van der Waals surface area contributed by atoms with Crippen LogP contribution in [0.25, 0.3) is 0 Å². The lowest BCUT2D eigenvalue weighted by molar-refractivity contribution is -0.149. The van der Waals surface area contributed by atoms with Crippen molar-refractivity contribution < 1.29 is 19.4 Å². The van der Waals surface area contributed by atoms with Crippen LogP contribution in [-0.4, -0.2) is 29.1 Å². The number of esters is 1. The largest absolute Gasteiger partial charge is 0.462 e. The van der Waals surface area contributed by atoms with Crippen molar-refractivity contribution in [3.63, 3.8) is 0 Å². The highest BCUT2D eigenvalue weighted by Crippen LogP contribution is 2.64.